The van der Waals surface area contributed by atoms with E-state index in [4.69, 9.17) is 37.0 Å². The van der Waals surface area contributed by atoms with E-state index in [1.54, 1.807) is 0 Å². The first-order chi connectivity index (χ1) is 43.7. The first kappa shape index (κ1) is 89.1. The van der Waals surface area contributed by atoms with Crippen LogP contribution in [0.2, 0.25) is 0 Å². The molecule has 0 aliphatic heterocycles. The molecule has 19 heteroatoms. The summed E-state index contributed by atoms with van der Waals surface area (Å²) in [7, 11) is -9.91. The van der Waals surface area contributed by atoms with Crippen LogP contribution in [0, 0.1) is 23.7 Å². The number of phosphoric acid groups is 2. The van der Waals surface area contributed by atoms with Gasteiger partial charge in [0.1, 0.15) is 19.3 Å². The van der Waals surface area contributed by atoms with Gasteiger partial charge in [-0.2, -0.15) is 0 Å². The van der Waals surface area contributed by atoms with Crippen LogP contribution in [0.3, 0.4) is 0 Å². The van der Waals surface area contributed by atoms with Crippen molar-refractivity contribution in [2.75, 3.05) is 39.6 Å². The van der Waals surface area contributed by atoms with Gasteiger partial charge in [-0.3, -0.25) is 37.3 Å². The van der Waals surface area contributed by atoms with Crippen molar-refractivity contribution in [1.82, 2.24) is 0 Å². The number of ether oxygens (including phenoxy) is 4. The average Bonchev–Trinajstić information content (AvgIpc) is 3.38. The van der Waals surface area contributed by atoms with Crippen molar-refractivity contribution in [3.05, 3.63) is 0 Å². The van der Waals surface area contributed by atoms with Gasteiger partial charge in [0.2, 0.25) is 0 Å². The third-order valence-corrected chi connectivity index (χ3v) is 19.2. The van der Waals surface area contributed by atoms with Crippen LogP contribution < -0.4 is 0 Å². The molecule has 0 spiro atoms. The van der Waals surface area contributed by atoms with Crippen molar-refractivity contribution in [3.63, 3.8) is 0 Å². The first-order valence-corrected chi connectivity index (χ1v) is 40.3. The summed E-state index contributed by atoms with van der Waals surface area (Å²) in [6.45, 7) is 14.1. The van der Waals surface area contributed by atoms with Crippen molar-refractivity contribution in [2.45, 2.75) is 375 Å². The molecule has 0 aliphatic rings. The summed E-state index contributed by atoms with van der Waals surface area (Å²) in [4.78, 5) is 72.7. The van der Waals surface area contributed by atoms with Crippen molar-refractivity contribution >= 4 is 39.5 Å². The van der Waals surface area contributed by atoms with Gasteiger partial charge in [-0.25, -0.2) is 9.13 Å². The van der Waals surface area contributed by atoms with E-state index >= 15 is 0 Å². The van der Waals surface area contributed by atoms with Gasteiger partial charge in [0.15, 0.2) is 12.2 Å². The summed E-state index contributed by atoms with van der Waals surface area (Å²) in [6.07, 6.45) is 44.3. The Labute approximate surface area is 556 Å². The summed E-state index contributed by atoms with van der Waals surface area (Å²) in [6, 6.07) is 0. The van der Waals surface area contributed by atoms with Crippen LogP contribution in [0.5, 0.6) is 0 Å². The molecule has 0 aliphatic carbocycles. The van der Waals surface area contributed by atoms with Gasteiger partial charge in [0.25, 0.3) is 0 Å². The lowest BCUT2D eigenvalue weighted by molar-refractivity contribution is -0.161. The Kier molecular flexibility index (Phi) is 60.3. The zero-order chi connectivity index (χ0) is 67.5. The van der Waals surface area contributed by atoms with E-state index in [2.05, 4.69) is 55.4 Å². The quantitative estimate of drug-likeness (QED) is 0.0222. The van der Waals surface area contributed by atoms with Gasteiger partial charge in [-0.1, -0.05) is 306 Å². The molecule has 0 bridgehead atoms. The van der Waals surface area contributed by atoms with E-state index in [0.717, 1.165) is 120 Å². The predicted molar refractivity (Wildman–Crippen MR) is 367 cm³/mol. The number of carbonyl (C=O) groups is 4. The number of esters is 4. The minimum atomic E-state index is -4.95. The third-order valence-electron chi connectivity index (χ3n) is 17.3. The monoisotopic (exact) mass is 1340 g/mol. The summed E-state index contributed by atoms with van der Waals surface area (Å²) >= 11 is 0. The minimum absolute atomic E-state index is 0.105. The number of unbranched alkanes of at least 4 members (excludes halogenated alkanes) is 33. The van der Waals surface area contributed by atoms with Crippen molar-refractivity contribution in [1.29, 1.82) is 0 Å². The molecular weight excluding hydrogens is 1200 g/mol. The molecular formula is C72H140O17P2. The molecule has 4 unspecified atom stereocenters. The second-order valence-electron chi connectivity index (χ2n) is 27.4. The third kappa shape index (κ3) is 63.9. The van der Waals surface area contributed by atoms with Gasteiger partial charge < -0.3 is 33.8 Å². The molecule has 7 atom stereocenters. The number of hydrogen-bond donors (Lipinski definition) is 3. The van der Waals surface area contributed by atoms with Gasteiger partial charge in [-0.05, 0) is 49.4 Å². The number of aliphatic hydroxyl groups is 1. The summed E-state index contributed by atoms with van der Waals surface area (Å²) < 4.78 is 68.4. The lowest BCUT2D eigenvalue weighted by Gasteiger charge is -2.21. The second kappa shape index (κ2) is 61.6. The average molecular weight is 1340 g/mol. The molecule has 0 aromatic rings. The maximum absolute atomic E-state index is 13.0. The fourth-order valence-electron chi connectivity index (χ4n) is 10.8. The number of carbonyl (C=O) groups excluding carboxylic acids is 4. The van der Waals surface area contributed by atoms with Gasteiger partial charge >= 0.3 is 39.5 Å². The van der Waals surface area contributed by atoms with Gasteiger partial charge in [0.05, 0.1) is 26.4 Å². The molecule has 0 radical (unpaired) electrons. The molecule has 0 saturated heterocycles. The minimum Gasteiger partial charge on any atom is -0.462 e. The second-order valence-corrected chi connectivity index (χ2v) is 30.3. The molecule has 0 rings (SSSR count). The molecule has 3 N–H and O–H groups in total. The van der Waals surface area contributed by atoms with Crippen molar-refractivity contribution < 1.29 is 80.2 Å². The van der Waals surface area contributed by atoms with E-state index in [0.29, 0.717) is 25.7 Å². The number of aliphatic hydroxyl groups excluding tert-OH is 1. The SMILES string of the molecule is CCC(C)CCCCCCCCCCCCC(=O)OC[C@H](COP(=O)(O)OC[C@@H](O)COP(=O)(O)OC[C@@H](COC(=O)CCCCCCCCC(C)CC)OC(=O)CCCCCCCCCCCCCC(C)C)OC(=O)CCCCCCCCCCCCC(C)C. The van der Waals surface area contributed by atoms with E-state index in [9.17, 15) is 43.2 Å². The van der Waals surface area contributed by atoms with Gasteiger partial charge in [0, 0.05) is 25.7 Å². The normalized spacial score (nSPS) is 14.8. The Morgan fingerprint density at radius 1 is 0.308 bits per heavy atom. The Bertz CT molecular complexity index is 1800. The largest absolute Gasteiger partial charge is 0.472 e. The van der Waals surface area contributed by atoms with Crippen LogP contribution >= 0.6 is 15.6 Å². The van der Waals surface area contributed by atoms with Crippen LogP contribution in [0.1, 0.15) is 357 Å². The zero-order valence-corrected chi connectivity index (χ0v) is 61.3. The molecule has 0 aromatic carbocycles. The van der Waals surface area contributed by atoms with E-state index in [-0.39, 0.29) is 25.7 Å². The maximum atomic E-state index is 13.0. The summed E-state index contributed by atoms with van der Waals surface area (Å²) in [5, 5.41) is 10.6. The summed E-state index contributed by atoms with van der Waals surface area (Å²) in [5.41, 5.74) is 0. The van der Waals surface area contributed by atoms with Crippen molar-refractivity contribution in [3.8, 4) is 0 Å². The molecule has 0 heterocycles. The van der Waals surface area contributed by atoms with E-state index < -0.39 is 97.5 Å². The molecule has 540 valence electrons. The first-order valence-electron chi connectivity index (χ1n) is 37.3. The molecule has 0 amide bonds. The Balaban J connectivity index is 5.27. The highest BCUT2D eigenvalue weighted by molar-refractivity contribution is 7.47. The molecule has 0 aromatic heterocycles. The number of rotatable bonds is 69. The lowest BCUT2D eigenvalue weighted by atomic mass is 9.99. The number of phosphoric ester groups is 2. The van der Waals surface area contributed by atoms with Gasteiger partial charge in [-0.15, -0.1) is 0 Å². The molecule has 0 saturated carbocycles. The number of hydrogen-bond acceptors (Lipinski definition) is 15. The lowest BCUT2D eigenvalue weighted by Crippen LogP contribution is -2.30. The molecule has 0 fully saturated rings. The zero-order valence-electron chi connectivity index (χ0n) is 59.5. The highest BCUT2D eigenvalue weighted by atomic mass is 31.2. The molecule has 91 heavy (non-hydrogen) atoms. The Morgan fingerprint density at radius 2 is 0.527 bits per heavy atom. The smallest absolute Gasteiger partial charge is 0.462 e. The fourth-order valence-corrected chi connectivity index (χ4v) is 12.4. The van der Waals surface area contributed by atoms with Crippen molar-refractivity contribution in [2.24, 2.45) is 23.7 Å². The summed E-state index contributed by atoms with van der Waals surface area (Å²) in [5.74, 6) is 0.931. The highest BCUT2D eigenvalue weighted by Crippen LogP contribution is 2.45. The molecule has 17 nitrogen and oxygen atoms in total. The fraction of sp³-hybridized carbons (Fsp3) is 0.944. The maximum Gasteiger partial charge on any atom is 0.472 e. The highest BCUT2D eigenvalue weighted by Gasteiger charge is 2.30. The predicted octanol–water partition coefficient (Wildman–Crippen LogP) is 20.5. The van der Waals surface area contributed by atoms with E-state index in [1.165, 1.54) is 154 Å². The van der Waals surface area contributed by atoms with E-state index in [1.807, 2.05) is 0 Å². The van der Waals surface area contributed by atoms with Crippen LogP contribution in [0.25, 0.3) is 0 Å². The topological polar surface area (TPSA) is 237 Å². The Hall–Kier alpha value is -1.94. The Morgan fingerprint density at radius 3 is 0.780 bits per heavy atom. The van der Waals surface area contributed by atoms with Crippen LogP contribution in [-0.2, 0) is 65.4 Å². The standard InChI is InChI=1S/C72H140O17P2/c1-9-64(7)50-42-34-26-20-15-17-21-27-36-44-52-69(74)82-58-67(88-72(77)55-47-39-29-23-16-14-19-25-33-41-49-63(5)6)60-86-90(78,79)84-56-66(73)57-85-91(80,81)87-61-68(59-83-70(75)53-45-37-31-30-35-43-51-65(8)10-2)89-71(76)54-46-38-28-22-13-11-12-18-24-32-40-48-62(3)4/h62-68,73H,9-61H2,1-8H3,(H,78,79)(H,80,81)/t64?,65?,66-,67-,68-/m1/s1. The van der Waals surface area contributed by atoms with Crippen LogP contribution in [-0.4, -0.2) is 96.7 Å². The van der Waals surface area contributed by atoms with Crippen LogP contribution in [0.4, 0.5) is 0 Å². The van der Waals surface area contributed by atoms with Crippen LogP contribution in [0.15, 0.2) is 0 Å².